The Labute approximate surface area is 127 Å². The molecular weight excluding hydrogens is 286 g/mol. The molecule has 108 valence electrons. The van der Waals surface area contributed by atoms with Gasteiger partial charge in [-0.25, -0.2) is 0 Å². The predicted molar refractivity (Wildman–Crippen MR) is 83.8 cm³/mol. The van der Waals surface area contributed by atoms with Crippen molar-refractivity contribution in [2.24, 2.45) is 0 Å². The van der Waals surface area contributed by atoms with E-state index in [4.69, 9.17) is 0 Å². The minimum absolute atomic E-state index is 0.0315. The molecule has 0 aliphatic rings. The number of hydrogen-bond acceptors (Lipinski definition) is 4. The van der Waals surface area contributed by atoms with Crippen molar-refractivity contribution in [1.29, 1.82) is 0 Å². The number of carbonyl (C=O) groups excluding carboxylic acids is 1. The number of thioether (sulfide) groups is 1. The Morgan fingerprint density at radius 3 is 2.62 bits per heavy atom. The summed E-state index contributed by atoms with van der Waals surface area (Å²) in [6.07, 6.45) is 0. The Morgan fingerprint density at radius 2 is 1.95 bits per heavy atom. The van der Waals surface area contributed by atoms with Gasteiger partial charge < -0.3 is 0 Å². The summed E-state index contributed by atoms with van der Waals surface area (Å²) in [5.74, 6) is 0.665. The van der Waals surface area contributed by atoms with Crippen molar-refractivity contribution in [3.63, 3.8) is 0 Å². The van der Waals surface area contributed by atoms with Crippen molar-refractivity contribution in [3.8, 4) is 0 Å². The number of nitrogens with zero attached hydrogens (tertiary/aromatic N) is 1. The average Bonchev–Trinajstić information content (AvgIpc) is 2.46. The molecule has 0 saturated carbocycles. The van der Waals surface area contributed by atoms with Crippen LogP contribution in [0.2, 0.25) is 0 Å². The molecule has 0 amide bonds. The maximum Gasteiger partial charge on any atom is 0.272 e. The molecule has 2 aromatic carbocycles. The Balaban J connectivity index is 2.17. The number of hydrogen-bond donors (Lipinski definition) is 0. The summed E-state index contributed by atoms with van der Waals surface area (Å²) in [4.78, 5) is 22.9. The van der Waals surface area contributed by atoms with Crippen molar-refractivity contribution >= 4 is 23.2 Å². The first-order chi connectivity index (χ1) is 9.99. The molecule has 0 aliphatic carbocycles. The van der Waals surface area contributed by atoms with Crippen molar-refractivity contribution in [3.05, 3.63) is 69.3 Å². The van der Waals surface area contributed by atoms with E-state index in [2.05, 4.69) is 0 Å². The second-order valence-corrected chi connectivity index (χ2v) is 5.74. The molecular formula is C16H15NO3S. The highest BCUT2D eigenvalue weighted by Crippen LogP contribution is 2.28. The van der Waals surface area contributed by atoms with E-state index in [9.17, 15) is 14.9 Å². The highest BCUT2D eigenvalue weighted by Gasteiger charge is 2.13. The first-order valence-corrected chi connectivity index (χ1v) is 7.44. The summed E-state index contributed by atoms with van der Waals surface area (Å²) in [6, 6.07) is 12.5. The molecule has 0 N–H and O–H groups in total. The van der Waals surface area contributed by atoms with Crippen molar-refractivity contribution < 1.29 is 9.72 Å². The standard InChI is InChI=1S/C16H15NO3S/c1-11-14(6-4-8-16(11)17(19)20)10-21-15-7-3-5-13(9-15)12(2)18/h3-9H,10H2,1-2H3. The Morgan fingerprint density at radius 1 is 1.24 bits per heavy atom. The SMILES string of the molecule is CC(=O)c1cccc(SCc2cccc([N+](=O)[O-])c2C)c1. The van der Waals surface area contributed by atoms with E-state index in [1.165, 1.54) is 13.0 Å². The zero-order valence-electron chi connectivity index (χ0n) is 11.8. The van der Waals surface area contributed by atoms with Crippen LogP contribution in [-0.2, 0) is 5.75 Å². The van der Waals surface area contributed by atoms with Gasteiger partial charge in [0, 0.05) is 27.8 Å². The molecule has 0 aliphatic heterocycles. The lowest BCUT2D eigenvalue weighted by molar-refractivity contribution is -0.385. The van der Waals surface area contributed by atoms with Crippen LogP contribution in [0.15, 0.2) is 47.4 Å². The lowest BCUT2D eigenvalue weighted by Gasteiger charge is -2.07. The maximum absolute atomic E-state index is 11.4. The maximum atomic E-state index is 11.4. The number of ketones is 1. The number of carbonyl (C=O) groups is 1. The number of Topliss-reactive ketones (excluding diaryl/α,β-unsaturated/α-hetero) is 1. The monoisotopic (exact) mass is 301 g/mol. The van der Waals surface area contributed by atoms with Crippen LogP contribution in [0.4, 0.5) is 5.69 Å². The van der Waals surface area contributed by atoms with Gasteiger partial charge in [0.15, 0.2) is 5.78 Å². The summed E-state index contributed by atoms with van der Waals surface area (Å²) in [7, 11) is 0. The molecule has 0 saturated heterocycles. The van der Waals surface area contributed by atoms with Crippen LogP contribution >= 0.6 is 11.8 Å². The molecule has 0 radical (unpaired) electrons. The van der Waals surface area contributed by atoms with E-state index in [1.54, 1.807) is 30.8 Å². The first kappa shape index (κ1) is 15.3. The van der Waals surface area contributed by atoms with E-state index in [-0.39, 0.29) is 16.4 Å². The Kier molecular flexibility index (Phi) is 4.75. The van der Waals surface area contributed by atoms with E-state index in [1.807, 2.05) is 24.3 Å². The molecule has 4 nitrogen and oxygen atoms in total. The summed E-state index contributed by atoms with van der Waals surface area (Å²) in [6.45, 7) is 3.30. The summed E-state index contributed by atoms with van der Waals surface area (Å²) < 4.78 is 0. The van der Waals surface area contributed by atoms with Gasteiger partial charge in [-0.05, 0) is 31.5 Å². The highest BCUT2D eigenvalue weighted by molar-refractivity contribution is 7.98. The van der Waals surface area contributed by atoms with Crippen LogP contribution in [0.1, 0.15) is 28.4 Å². The third kappa shape index (κ3) is 3.70. The van der Waals surface area contributed by atoms with Crippen molar-refractivity contribution in [2.45, 2.75) is 24.5 Å². The normalized spacial score (nSPS) is 10.4. The molecule has 0 spiro atoms. The Bertz CT molecular complexity index is 698. The van der Waals surface area contributed by atoms with Crippen LogP contribution in [0.5, 0.6) is 0 Å². The highest BCUT2D eigenvalue weighted by atomic mass is 32.2. The fourth-order valence-corrected chi connectivity index (χ4v) is 3.01. The molecule has 21 heavy (non-hydrogen) atoms. The van der Waals surface area contributed by atoms with Crippen LogP contribution < -0.4 is 0 Å². The van der Waals surface area contributed by atoms with Gasteiger partial charge in [0.25, 0.3) is 5.69 Å². The quantitative estimate of drug-likeness (QED) is 0.355. The van der Waals surface area contributed by atoms with E-state index in [0.29, 0.717) is 16.9 Å². The van der Waals surface area contributed by atoms with Crippen LogP contribution in [0, 0.1) is 17.0 Å². The summed E-state index contributed by atoms with van der Waals surface area (Å²) in [5, 5.41) is 10.9. The number of nitro benzene ring substituents is 1. The van der Waals surface area contributed by atoms with Crippen molar-refractivity contribution in [2.75, 3.05) is 0 Å². The van der Waals surface area contributed by atoms with E-state index < -0.39 is 0 Å². The summed E-state index contributed by atoms with van der Waals surface area (Å²) >= 11 is 1.56. The molecule has 0 unspecified atom stereocenters. The van der Waals surface area contributed by atoms with Crippen molar-refractivity contribution in [1.82, 2.24) is 0 Å². The number of nitro groups is 1. The molecule has 0 aromatic heterocycles. The minimum Gasteiger partial charge on any atom is -0.295 e. The topological polar surface area (TPSA) is 60.2 Å². The first-order valence-electron chi connectivity index (χ1n) is 6.45. The van der Waals surface area contributed by atoms with Crippen LogP contribution in [0.3, 0.4) is 0 Å². The molecule has 2 rings (SSSR count). The van der Waals surface area contributed by atoms with E-state index in [0.717, 1.165) is 10.5 Å². The smallest absolute Gasteiger partial charge is 0.272 e. The Hall–Kier alpha value is -2.14. The van der Waals surface area contributed by atoms with Gasteiger partial charge in [-0.1, -0.05) is 24.3 Å². The molecule has 0 fully saturated rings. The number of rotatable bonds is 5. The third-order valence-corrected chi connectivity index (χ3v) is 4.29. The lowest BCUT2D eigenvalue weighted by atomic mass is 10.1. The minimum atomic E-state index is -0.361. The molecule has 0 heterocycles. The van der Waals surface area contributed by atoms with Gasteiger partial charge in [0.05, 0.1) is 4.92 Å². The van der Waals surface area contributed by atoms with Gasteiger partial charge in [-0.15, -0.1) is 11.8 Å². The predicted octanol–water partition coefficient (Wildman–Crippen LogP) is 4.40. The zero-order valence-corrected chi connectivity index (χ0v) is 12.6. The lowest BCUT2D eigenvalue weighted by Crippen LogP contribution is -1.95. The molecule has 0 bridgehead atoms. The third-order valence-electron chi connectivity index (χ3n) is 3.25. The number of benzene rings is 2. The fraction of sp³-hybridized carbons (Fsp3) is 0.188. The second-order valence-electron chi connectivity index (χ2n) is 4.69. The summed E-state index contributed by atoms with van der Waals surface area (Å²) in [5.41, 5.74) is 2.45. The average molecular weight is 301 g/mol. The van der Waals surface area contributed by atoms with Gasteiger partial charge >= 0.3 is 0 Å². The van der Waals surface area contributed by atoms with Crippen LogP contribution in [0.25, 0.3) is 0 Å². The molecule has 5 heteroatoms. The van der Waals surface area contributed by atoms with E-state index >= 15 is 0 Å². The van der Waals surface area contributed by atoms with Gasteiger partial charge in [-0.3, -0.25) is 14.9 Å². The second kappa shape index (κ2) is 6.54. The molecule has 0 atom stereocenters. The van der Waals surface area contributed by atoms with Gasteiger partial charge in [0.1, 0.15) is 0 Å². The van der Waals surface area contributed by atoms with Gasteiger partial charge in [0.2, 0.25) is 0 Å². The largest absolute Gasteiger partial charge is 0.295 e. The molecule has 2 aromatic rings. The van der Waals surface area contributed by atoms with Gasteiger partial charge in [-0.2, -0.15) is 0 Å². The fourth-order valence-electron chi connectivity index (χ4n) is 1.99. The zero-order chi connectivity index (χ0) is 15.4. The van der Waals surface area contributed by atoms with Crippen LogP contribution in [-0.4, -0.2) is 10.7 Å².